The fourth-order valence-electron chi connectivity index (χ4n) is 3.08. The molecule has 1 amide bonds. The lowest BCUT2D eigenvalue weighted by Gasteiger charge is -2.10. The molecule has 2 aromatic heterocycles. The molecule has 2 heterocycles. The van der Waals surface area contributed by atoms with E-state index in [-0.39, 0.29) is 5.69 Å². The van der Waals surface area contributed by atoms with E-state index < -0.39 is 17.9 Å². The minimum absolute atomic E-state index is 0.0500. The van der Waals surface area contributed by atoms with Crippen molar-refractivity contribution in [3.05, 3.63) is 71.5 Å². The number of imidazole rings is 1. The minimum atomic E-state index is -1.13. The van der Waals surface area contributed by atoms with Crippen LogP contribution in [0.25, 0.3) is 11.0 Å². The third-order valence-corrected chi connectivity index (χ3v) is 5.12. The van der Waals surface area contributed by atoms with Crippen LogP contribution in [-0.2, 0) is 11.8 Å². The highest BCUT2D eigenvalue weighted by atomic mass is 35.5. The third-order valence-electron chi connectivity index (χ3n) is 4.87. The number of halogens is 1. The van der Waals surface area contributed by atoms with Crippen LogP contribution in [0.3, 0.4) is 0 Å². The standard InChI is InChI=1S/C23H20ClN5O4/c1-13(22(31)32)26-21(30)19-12-17(9-10-25-19)33-16-7-8-20-18(11-16)28-23(29(20)2)27-15-5-3-14(24)4-6-15/h3-13H,1-2H3,(H,26,30)(H,27,28)(H,31,32). The number of hydrogen-bond donors (Lipinski definition) is 3. The number of carbonyl (C=O) groups excluding carboxylic acids is 1. The largest absolute Gasteiger partial charge is 0.480 e. The summed E-state index contributed by atoms with van der Waals surface area (Å²) in [4.78, 5) is 31.8. The van der Waals surface area contributed by atoms with Gasteiger partial charge in [-0.1, -0.05) is 11.6 Å². The third kappa shape index (κ3) is 5.04. The van der Waals surface area contributed by atoms with E-state index in [1.807, 2.05) is 29.8 Å². The molecule has 4 aromatic rings. The number of aromatic nitrogens is 3. The van der Waals surface area contributed by atoms with Crippen molar-refractivity contribution in [1.29, 1.82) is 0 Å². The Morgan fingerprint density at radius 1 is 1.09 bits per heavy atom. The van der Waals surface area contributed by atoms with Crippen molar-refractivity contribution in [1.82, 2.24) is 19.9 Å². The van der Waals surface area contributed by atoms with Gasteiger partial charge in [0.15, 0.2) is 0 Å². The number of nitrogens with one attached hydrogen (secondary N) is 2. The predicted octanol–water partition coefficient (Wildman–Crippen LogP) is 4.36. The molecule has 0 fully saturated rings. The number of carboxylic acid groups (broad SMARTS) is 1. The molecule has 0 aliphatic carbocycles. The van der Waals surface area contributed by atoms with Gasteiger partial charge in [-0.3, -0.25) is 14.6 Å². The van der Waals surface area contributed by atoms with Gasteiger partial charge in [-0.05, 0) is 49.4 Å². The molecule has 4 rings (SSSR count). The van der Waals surface area contributed by atoms with Gasteiger partial charge < -0.3 is 25.0 Å². The second kappa shape index (κ2) is 9.17. The Bertz CT molecular complexity index is 1340. The molecule has 0 aliphatic heterocycles. The molecule has 1 atom stereocenters. The quantitative estimate of drug-likeness (QED) is 0.371. The monoisotopic (exact) mass is 465 g/mol. The van der Waals surface area contributed by atoms with Crippen LogP contribution in [0.15, 0.2) is 60.8 Å². The van der Waals surface area contributed by atoms with Crippen molar-refractivity contribution in [3.63, 3.8) is 0 Å². The first-order valence-electron chi connectivity index (χ1n) is 9.97. The Morgan fingerprint density at radius 2 is 1.82 bits per heavy atom. The van der Waals surface area contributed by atoms with E-state index in [1.54, 1.807) is 30.3 Å². The summed E-state index contributed by atoms with van der Waals surface area (Å²) in [7, 11) is 1.90. The maximum absolute atomic E-state index is 12.2. The lowest BCUT2D eigenvalue weighted by molar-refractivity contribution is -0.138. The number of nitrogens with zero attached hydrogens (tertiary/aromatic N) is 3. The molecule has 2 aromatic carbocycles. The fraction of sp³-hybridized carbons (Fsp3) is 0.130. The number of hydrogen-bond acceptors (Lipinski definition) is 6. The van der Waals surface area contributed by atoms with Gasteiger partial charge in [0, 0.05) is 36.1 Å². The van der Waals surface area contributed by atoms with E-state index in [0.717, 1.165) is 11.2 Å². The van der Waals surface area contributed by atoms with Crippen LogP contribution in [-0.4, -0.2) is 37.6 Å². The summed E-state index contributed by atoms with van der Waals surface area (Å²) in [5, 5.41) is 15.2. The summed E-state index contributed by atoms with van der Waals surface area (Å²) in [6.45, 7) is 1.37. The molecular formula is C23H20ClN5O4. The van der Waals surface area contributed by atoms with E-state index in [1.165, 1.54) is 19.2 Å². The summed E-state index contributed by atoms with van der Waals surface area (Å²) in [5.74, 6) is -0.180. The highest BCUT2D eigenvalue weighted by molar-refractivity contribution is 6.30. The summed E-state index contributed by atoms with van der Waals surface area (Å²) >= 11 is 5.94. The number of amides is 1. The van der Waals surface area contributed by atoms with Crippen LogP contribution < -0.4 is 15.4 Å². The predicted molar refractivity (Wildman–Crippen MR) is 124 cm³/mol. The van der Waals surface area contributed by atoms with Crippen molar-refractivity contribution < 1.29 is 19.4 Å². The first-order valence-corrected chi connectivity index (χ1v) is 10.3. The van der Waals surface area contributed by atoms with Crippen LogP contribution in [0.1, 0.15) is 17.4 Å². The summed E-state index contributed by atoms with van der Waals surface area (Å²) < 4.78 is 7.81. The number of pyridine rings is 1. The van der Waals surface area contributed by atoms with Gasteiger partial charge in [-0.2, -0.15) is 0 Å². The molecule has 0 bridgehead atoms. The number of ether oxygens (including phenoxy) is 1. The highest BCUT2D eigenvalue weighted by Crippen LogP contribution is 2.28. The first-order chi connectivity index (χ1) is 15.8. The van der Waals surface area contributed by atoms with E-state index in [2.05, 4.69) is 20.6 Å². The summed E-state index contributed by atoms with van der Waals surface area (Å²) in [5.41, 5.74) is 2.52. The van der Waals surface area contributed by atoms with Crippen molar-refractivity contribution in [2.75, 3.05) is 5.32 Å². The second-order valence-corrected chi connectivity index (χ2v) is 7.73. The van der Waals surface area contributed by atoms with Gasteiger partial charge in [0.05, 0.1) is 11.0 Å². The zero-order valence-electron chi connectivity index (χ0n) is 17.7. The van der Waals surface area contributed by atoms with Gasteiger partial charge >= 0.3 is 5.97 Å². The Balaban J connectivity index is 1.53. The van der Waals surface area contributed by atoms with Gasteiger partial charge in [-0.25, -0.2) is 4.98 Å². The van der Waals surface area contributed by atoms with Crippen LogP contribution in [0, 0.1) is 0 Å². The van der Waals surface area contributed by atoms with Crippen molar-refractivity contribution in [2.24, 2.45) is 7.05 Å². The van der Waals surface area contributed by atoms with Crippen molar-refractivity contribution >= 4 is 46.1 Å². The van der Waals surface area contributed by atoms with E-state index >= 15 is 0 Å². The Kier molecular flexibility index (Phi) is 6.14. The molecule has 0 saturated heterocycles. The molecule has 1 unspecified atom stereocenters. The van der Waals surface area contributed by atoms with Crippen LogP contribution in [0.4, 0.5) is 11.6 Å². The molecule has 0 saturated carbocycles. The number of rotatable bonds is 7. The van der Waals surface area contributed by atoms with Crippen molar-refractivity contribution in [3.8, 4) is 11.5 Å². The molecule has 0 radical (unpaired) electrons. The lowest BCUT2D eigenvalue weighted by atomic mass is 10.2. The number of carbonyl (C=O) groups is 2. The van der Waals surface area contributed by atoms with Crippen LogP contribution in [0.2, 0.25) is 5.02 Å². The van der Waals surface area contributed by atoms with E-state index in [0.29, 0.717) is 28.0 Å². The number of fused-ring (bicyclic) bond motifs is 1. The molecule has 0 spiro atoms. The molecule has 10 heteroatoms. The number of aliphatic carboxylic acids is 1. The number of aryl methyl sites for hydroxylation is 1. The van der Waals surface area contributed by atoms with Gasteiger partial charge in [0.25, 0.3) is 5.91 Å². The molecule has 33 heavy (non-hydrogen) atoms. The maximum Gasteiger partial charge on any atom is 0.325 e. The SMILES string of the molecule is CC(NC(=O)c1cc(Oc2ccc3c(c2)nc(Nc2ccc(Cl)cc2)n3C)ccn1)C(=O)O. The maximum atomic E-state index is 12.2. The number of benzene rings is 2. The zero-order chi connectivity index (χ0) is 23.5. The molecular weight excluding hydrogens is 446 g/mol. The summed E-state index contributed by atoms with van der Waals surface area (Å²) in [6, 6.07) is 14.8. The van der Waals surface area contributed by atoms with E-state index in [9.17, 15) is 9.59 Å². The summed E-state index contributed by atoms with van der Waals surface area (Å²) in [6.07, 6.45) is 1.42. The van der Waals surface area contributed by atoms with Crippen molar-refractivity contribution in [2.45, 2.75) is 13.0 Å². The smallest absolute Gasteiger partial charge is 0.325 e. The molecule has 9 nitrogen and oxygen atoms in total. The van der Waals surface area contributed by atoms with Gasteiger partial charge in [0.1, 0.15) is 23.2 Å². The first kappa shape index (κ1) is 22.1. The molecule has 3 N–H and O–H groups in total. The van der Waals surface area contributed by atoms with Gasteiger partial charge in [0.2, 0.25) is 5.95 Å². The van der Waals surface area contributed by atoms with Crippen LogP contribution in [0.5, 0.6) is 11.5 Å². The number of anilines is 2. The Hall–Kier alpha value is -4.11. The minimum Gasteiger partial charge on any atom is -0.480 e. The highest BCUT2D eigenvalue weighted by Gasteiger charge is 2.17. The average molecular weight is 466 g/mol. The second-order valence-electron chi connectivity index (χ2n) is 7.29. The zero-order valence-corrected chi connectivity index (χ0v) is 18.5. The number of carboxylic acids is 1. The molecule has 0 aliphatic rings. The fourth-order valence-corrected chi connectivity index (χ4v) is 3.21. The Labute approximate surface area is 194 Å². The topological polar surface area (TPSA) is 118 Å². The Morgan fingerprint density at radius 3 is 2.55 bits per heavy atom. The molecule has 168 valence electrons. The average Bonchev–Trinajstić information content (AvgIpc) is 3.10. The normalized spacial score (nSPS) is 11.7. The lowest BCUT2D eigenvalue weighted by Crippen LogP contribution is -2.38. The van der Waals surface area contributed by atoms with Crippen LogP contribution >= 0.6 is 11.6 Å². The van der Waals surface area contributed by atoms with E-state index in [4.69, 9.17) is 21.4 Å². The van der Waals surface area contributed by atoms with Gasteiger partial charge in [-0.15, -0.1) is 0 Å².